The van der Waals surface area contributed by atoms with Gasteiger partial charge in [-0.05, 0) is 35.9 Å². The molecular weight excluding hydrogens is 238 g/mol. The van der Waals surface area contributed by atoms with Crippen molar-refractivity contribution in [2.24, 2.45) is 0 Å². The molecule has 3 heteroatoms. The van der Waals surface area contributed by atoms with E-state index in [0.29, 0.717) is 6.54 Å². The number of hydrogen-bond donors (Lipinski definition) is 2. The second-order valence-corrected chi connectivity index (χ2v) is 4.08. The van der Waals surface area contributed by atoms with Gasteiger partial charge in [-0.2, -0.15) is 0 Å². The molecule has 0 bridgehead atoms. The van der Waals surface area contributed by atoms with Crippen LogP contribution in [0.15, 0.2) is 48.5 Å². The molecule has 0 atom stereocenters. The number of carboxylic acid groups (broad SMARTS) is 1. The Bertz CT molecular complexity index is 624. The Labute approximate surface area is 111 Å². The van der Waals surface area contributed by atoms with Gasteiger partial charge < -0.3 is 10.4 Å². The van der Waals surface area contributed by atoms with Gasteiger partial charge in [0.05, 0.1) is 5.56 Å². The van der Waals surface area contributed by atoms with E-state index in [1.165, 1.54) is 0 Å². The number of carbonyl (C=O) groups is 1. The van der Waals surface area contributed by atoms with E-state index in [9.17, 15) is 4.79 Å². The van der Waals surface area contributed by atoms with Crippen LogP contribution in [0.1, 0.15) is 21.5 Å². The fourth-order valence-electron chi connectivity index (χ4n) is 1.69. The van der Waals surface area contributed by atoms with Crippen molar-refractivity contribution in [1.82, 2.24) is 0 Å². The van der Waals surface area contributed by atoms with Crippen LogP contribution in [0.25, 0.3) is 0 Å². The van der Waals surface area contributed by atoms with Gasteiger partial charge in [0.1, 0.15) is 0 Å². The van der Waals surface area contributed by atoms with Crippen LogP contribution in [0.2, 0.25) is 0 Å². The van der Waals surface area contributed by atoms with E-state index >= 15 is 0 Å². The van der Waals surface area contributed by atoms with E-state index in [-0.39, 0.29) is 5.56 Å². The van der Waals surface area contributed by atoms with E-state index in [1.54, 1.807) is 24.3 Å². The van der Waals surface area contributed by atoms with E-state index in [2.05, 4.69) is 11.2 Å². The Morgan fingerprint density at radius 3 is 2.58 bits per heavy atom. The Kier molecular flexibility index (Phi) is 3.84. The van der Waals surface area contributed by atoms with Crippen LogP contribution in [0, 0.1) is 12.3 Å². The third-order valence-corrected chi connectivity index (χ3v) is 2.73. The highest BCUT2D eigenvalue weighted by atomic mass is 16.4. The number of nitrogens with one attached hydrogen (secondary N) is 1. The Morgan fingerprint density at radius 1 is 1.21 bits per heavy atom. The van der Waals surface area contributed by atoms with Gasteiger partial charge in [-0.15, -0.1) is 6.42 Å². The summed E-state index contributed by atoms with van der Waals surface area (Å²) in [5.74, 6) is 1.66. The van der Waals surface area contributed by atoms with E-state index < -0.39 is 5.97 Å². The zero-order valence-corrected chi connectivity index (χ0v) is 10.3. The molecule has 3 nitrogen and oxygen atoms in total. The van der Waals surface area contributed by atoms with Gasteiger partial charge in [0.2, 0.25) is 0 Å². The van der Waals surface area contributed by atoms with Gasteiger partial charge in [-0.3, -0.25) is 0 Å². The quantitative estimate of drug-likeness (QED) is 0.821. The number of rotatable bonds is 4. The molecule has 94 valence electrons. The second-order valence-electron chi connectivity index (χ2n) is 4.08. The van der Waals surface area contributed by atoms with E-state index in [0.717, 1.165) is 16.8 Å². The van der Waals surface area contributed by atoms with Gasteiger partial charge in [-0.1, -0.05) is 24.1 Å². The summed E-state index contributed by atoms with van der Waals surface area (Å²) in [6, 6.07) is 14.4. The molecule has 0 aliphatic carbocycles. The summed E-state index contributed by atoms with van der Waals surface area (Å²) in [4.78, 5) is 10.7. The fraction of sp³-hybridized carbons (Fsp3) is 0.0625. The first-order valence-corrected chi connectivity index (χ1v) is 5.82. The number of benzene rings is 2. The molecule has 0 saturated carbocycles. The Hall–Kier alpha value is -2.73. The molecule has 0 aliphatic rings. The largest absolute Gasteiger partial charge is 0.478 e. The smallest absolute Gasteiger partial charge is 0.335 e. The highest BCUT2D eigenvalue weighted by Gasteiger charge is 2.01. The van der Waals surface area contributed by atoms with Crippen LogP contribution in [0.5, 0.6) is 0 Å². The molecule has 2 N–H and O–H groups in total. The summed E-state index contributed by atoms with van der Waals surface area (Å²) in [7, 11) is 0. The zero-order valence-electron chi connectivity index (χ0n) is 10.3. The average Bonchev–Trinajstić information content (AvgIpc) is 2.46. The van der Waals surface area contributed by atoms with Crippen LogP contribution >= 0.6 is 0 Å². The predicted octanol–water partition coefficient (Wildman–Crippen LogP) is 2.98. The molecule has 0 radical (unpaired) electrons. The summed E-state index contributed by atoms with van der Waals surface area (Å²) in [6.45, 7) is 0.619. The first kappa shape index (κ1) is 12.7. The van der Waals surface area contributed by atoms with Crippen LogP contribution in [0.4, 0.5) is 5.69 Å². The van der Waals surface area contributed by atoms with Crippen molar-refractivity contribution in [3.63, 3.8) is 0 Å². The third-order valence-electron chi connectivity index (χ3n) is 2.73. The monoisotopic (exact) mass is 251 g/mol. The lowest BCUT2D eigenvalue weighted by Gasteiger charge is -2.07. The van der Waals surface area contributed by atoms with Gasteiger partial charge >= 0.3 is 5.97 Å². The van der Waals surface area contributed by atoms with Crippen molar-refractivity contribution >= 4 is 11.7 Å². The van der Waals surface area contributed by atoms with E-state index in [4.69, 9.17) is 11.5 Å². The van der Waals surface area contributed by atoms with Gasteiger partial charge in [0.25, 0.3) is 0 Å². The lowest BCUT2D eigenvalue weighted by molar-refractivity contribution is 0.0697. The SMILES string of the molecule is C#Cc1cccc(NCc2ccc(C(=O)O)cc2)c1. The van der Waals surface area contributed by atoms with Crippen molar-refractivity contribution in [3.8, 4) is 12.3 Å². The summed E-state index contributed by atoms with van der Waals surface area (Å²) in [6.07, 6.45) is 5.34. The van der Waals surface area contributed by atoms with E-state index in [1.807, 2.05) is 24.3 Å². The van der Waals surface area contributed by atoms with Crippen molar-refractivity contribution in [1.29, 1.82) is 0 Å². The minimum atomic E-state index is -0.916. The summed E-state index contributed by atoms with van der Waals surface area (Å²) in [5.41, 5.74) is 3.07. The first-order chi connectivity index (χ1) is 9.19. The van der Waals surface area contributed by atoms with Gasteiger partial charge in [0, 0.05) is 17.8 Å². The summed E-state index contributed by atoms with van der Waals surface area (Å²) < 4.78 is 0. The van der Waals surface area contributed by atoms with Crippen molar-refractivity contribution in [2.75, 3.05) is 5.32 Å². The minimum absolute atomic E-state index is 0.290. The number of terminal acetylenes is 1. The fourth-order valence-corrected chi connectivity index (χ4v) is 1.69. The Balaban J connectivity index is 2.02. The maximum atomic E-state index is 10.7. The number of hydrogen-bond acceptors (Lipinski definition) is 2. The molecule has 2 aromatic rings. The molecule has 0 spiro atoms. The molecule has 0 fully saturated rings. The van der Waals surface area contributed by atoms with Crippen LogP contribution in [0.3, 0.4) is 0 Å². The topological polar surface area (TPSA) is 49.3 Å². The highest BCUT2D eigenvalue weighted by molar-refractivity contribution is 5.87. The van der Waals surface area contributed by atoms with Crippen molar-refractivity contribution in [2.45, 2.75) is 6.54 Å². The summed E-state index contributed by atoms with van der Waals surface area (Å²) in [5, 5.41) is 12.0. The molecule has 0 saturated heterocycles. The maximum Gasteiger partial charge on any atom is 0.335 e. The third kappa shape index (κ3) is 3.36. The second kappa shape index (κ2) is 5.74. The lowest BCUT2D eigenvalue weighted by atomic mass is 10.1. The standard InChI is InChI=1S/C16H13NO2/c1-2-12-4-3-5-15(10-12)17-11-13-6-8-14(9-7-13)16(18)19/h1,3-10,17H,11H2,(H,18,19). The number of aromatic carboxylic acids is 1. The normalized spacial score (nSPS) is 9.63. The predicted molar refractivity (Wildman–Crippen MR) is 75.1 cm³/mol. The van der Waals surface area contributed by atoms with Crippen LogP contribution < -0.4 is 5.32 Å². The zero-order chi connectivity index (χ0) is 13.7. The van der Waals surface area contributed by atoms with Crippen molar-refractivity contribution in [3.05, 3.63) is 65.2 Å². The minimum Gasteiger partial charge on any atom is -0.478 e. The van der Waals surface area contributed by atoms with Crippen molar-refractivity contribution < 1.29 is 9.90 Å². The molecule has 0 aromatic heterocycles. The maximum absolute atomic E-state index is 10.7. The molecule has 0 aliphatic heterocycles. The lowest BCUT2D eigenvalue weighted by Crippen LogP contribution is -2.01. The number of anilines is 1. The first-order valence-electron chi connectivity index (χ1n) is 5.82. The highest BCUT2D eigenvalue weighted by Crippen LogP contribution is 2.12. The molecule has 2 rings (SSSR count). The summed E-state index contributed by atoms with van der Waals surface area (Å²) >= 11 is 0. The molecule has 0 unspecified atom stereocenters. The molecular formula is C16H13NO2. The molecule has 0 amide bonds. The average molecular weight is 251 g/mol. The molecule has 0 heterocycles. The van der Waals surface area contributed by atoms with Crippen LogP contribution in [-0.2, 0) is 6.54 Å². The van der Waals surface area contributed by atoms with Gasteiger partial charge in [0.15, 0.2) is 0 Å². The Morgan fingerprint density at radius 2 is 1.95 bits per heavy atom. The molecule has 2 aromatic carbocycles. The number of carboxylic acids is 1. The molecule has 19 heavy (non-hydrogen) atoms. The van der Waals surface area contributed by atoms with Crippen LogP contribution in [-0.4, -0.2) is 11.1 Å². The van der Waals surface area contributed by atoms with Gasteiger partial charge in [-0.25, -0.2) is 4.79 Å².